The van der Waals surface area contributed by atoms with Gasteiger partial charge in [-0.2, -0.15) is 13.2 Å². The van der Waals surface area contributed by atoms with E-state index in [1.807, 2.05) is 0 Å². The van der Waals surface area contributed by atoms with Crippen LogP contribution in [0, 0.1) is 22.0 Å². The van der Waals surface area contributed by atoms with Crippen LogP contribution in [-0.4, -0.2) is 40.5 Å². The highest BCUT2D eigenvalue weighted by atomic mass is 19.4. The van der Waals surface area contributed by atoms with Gasteiger partial charge in [-0.1, -0.05) is 24.0 Å². The molecule has 0 bridgehead atoms. The van der Waals surface area contributed by atoms with Crippen LogP contribution in [0.15, 0.2) is 48.2 Å². The molecule has 0 aliphatic carbocycles. The summed E-state index contributed by atoms with van der Waals surface area (Å²) in [5.41, 5.74) is -0.159. The molecule has 0 saturated heterocycles. The summed E-state index contributed by atoms with van der Waals surface area (Å²) in [7, 11) is 0. The number of fused-ring (bicyclic) bond motifs is 2. The third kappa shape index (κ3) is 3.61. The van der Waals surface area contributed by atoms with Crippen molar-refractivity contribution >= 4 is 17.9 Å². The van der Waals surface area contributed by atoms with E-state index < -0.39 is 34.7 Å². The minimum Gasteiger partial charge on any atom is -0.469 e. The maximum absolute atomic E-state index is 13.0. The van der Waals surface area contributed by atoms with Gasteiger partial charge >= 0.3 is 6.18 Å². The van der Waals surface area contributed by atoms with E-state index in [-0.39, 0.29) is 29.0 Å². The van der Waals surface area contributed by atoms with Gasteiger partial charge in [0.05, 0.1) is 22.6 Å². The fraction of sp³-hybridized carbons (Fsp3) is 0.143. The lowest BCUT2D eigenvalue weighted by Gasteiger charge is -2.24. The zero-order valence-corrected chi connectivity index (χ0v) is 15.5. The first-order chi connectivity index (χ1) is 14.7. The molecule has 2 aliphatic rings. The zero-order valence-electron chi connectivity index (χ0n) is 15.5. The Morgan fingerprint density at radius 3 is 2.32 bits per heavy atom. The lowest BCUT2D eigenvalue weighted by atomic mass is 10.0. The molecule has 1 unspecified atom stereocenters. The van der Waals surface area contributed by atoms with Gasteiger partial charge in [0.1, 0.15) is 5.75 Å². The number of nitro groups is 1. The fourth-order valence-corrected chi connectivity index (χ4v) is 3.26. The molecule has 2 aromatic carbocycles. The largest absolute Gasteiger partial charge is 0.469 e. The number of amides is 2. The molecule has 1 atom stereocenters. The van der Waals surface area contributed by atoms with Gasteiger partial charge in [-0.3, -0.25) is 24.6 Å². The summed E-state index contributed by atoms with van der Waals surface area (Å²) < 4.78 is 43.9. The molecule has 2 heterocycles. The lowest BCUT2D eigenvalue weighted by molar-refractivity contribution is -0.443. The number of carbonyl (C=O) groups is 2. The van der Waals surface area contributed by atoms with Crippen LogP contribution in [0.2, 0.25) is 0 Å². The van der Waals surface area contributed by atoms with E-state index in [4.69, 9.17) is 4.74 Å². The zero-order chi connectivity index (χ0) is 22.3. The third-order valence-electron chi connectivity index (χ3n) is 4.68. The van der Waals surface area contributed by atoms with Crippen molar-refractivity contribution in [3.8, 4) is 17.6 Å². The van der Waals surface area contributed by atoms with Crippen molar-refractivity contribution in [2.45, 2.75) is 12.3 Å². The van der Waals surface area contributed by atoms with Crippen LogP contribution in [0.5, 0.6) is 5.75 Å². The van der Waals surface area contributed by atoms with Crippen molar-refractivity contribution in [3.05, 3.63) is 80.5 Å². The van der Waals surface area contributed by atoms with Gasteiger partial charge in [-0.25, -0.2) is 0 Å². The molecule has 0 saturated carbocycles. The van der Waals surface area contributed by atoms with E-state index in [1.165, 1.54) is 18.2 Å². The fourth-order valence-electron chi connectivity index (χ4n) is 3.26. The van der Waals surface area contributed by atoms with Crippen molar-refractivity contribution in [1.82, 2.24) is 4.90 Å². The van der Waals surface area contributed by atoms with Crippen LogP contribution in [0.1, 0.15) is 31.8 Å². The summed E-state index contributed by atoms with van der Waals surface area (Å²) in [6, 6.07) is 10.3. The van der Waals surface area contributed by atoms with E-state index >= 15 is 0 Å². The van der Waals surface area contributed by atoms with E-state index in [1.54, 1.807) is 24.3 Å². The highest BCUT2D eigenvalue weighted by molar-refractivity contribution is 6.21. The maximum Gasteiger partial charge on any atom is 0.436 e. The molecule has 156 valence electrons. The average Bonchev–Trinajstić information content (AvgIpc) is 2.97. The number of rotatable bonds is 2. The van der Waals surface area contributed by atoms with Crippen LogP contribution in [-0.2, 0) is 0 Å². The molecule has 31 heavy (non-hydrogen) atoms. The summed E-state index contributed by atoms with van der Waals surface area (Å²) in [4.78, 5) is 35.5. The van der Waals surface area contributed by atoms with Gasteiger partial charge in [0, 0.05) is 17.2 Å². The number of benzene rings is 2. The summed E-state index contributed by atoms with van der Waals surface area (Å²) in [5, 5.41) is 11.0. The number of hydrogen-bond acceptors (Lipinski definition) is 5. The van der Waals surface area contributed by atoms with Crippen LogP contribution < -0.4 is 4.74 Å². The molecule has 0 aromatic heterocycles. The first-order valence-corrected chi connectivity index (χ1v) is 8.84. The minimum absolute atomic E-state index is 0.0692. The Hall–Kier alpha value is -4.13. The van der Waals surface area contributed by atoms with Crippen LogP contribution in [0.25, 0.3) is 6.08 Å². The normalized spacial score (nSPS) is 17.2. The summed E-state index contributed by atoms with van der Waals surface area (Å²) in [6.45, 7) is -0.188. The molecule has 0 radical (unpaired) electrons. The number of alkyl halides is 3. The lowest BCUT2D eigenvalue weighted by Crippen LogP contribution is -2.40. The molecular formula is C21H11F3N2O5. The Labute approximate surface area is 172 Å². The first-order valence-electron chi connectivity index (χ1n) is 8.84. The first kappa shape index (κ1) is 20.2. The van der Waals surface area contributed by atoms with Crippen molar-refractivity contribution in [1.29, 1.82) is 0 Å². The predicted octanol–water partition coefficient (Wildman–Crippen LogP) is 3.28. The van der Waals surface area contributed by atoms with Crippen molar-refractivity contribution in [3.63, 3.8) is 0 Å². The highest BCUT2D eigenvalue weighted by Gasteiger charge is 2.51. The Morgan fingerprint density at radius 1 is 1.10 bits per heavy atom. The summed E-state index contributed by atoms with van der Waals surface area (Å²) in [5.74, 6) is 4.27. The highest BCUT2D eigenvalue weighted by Crippen LogP contribution is 2.37. The van der Waals surface area contributed by atoms with Crippen LogP contribution in [0.3, 0.4) is 0 Å². The molecular weight excluding hydrogens is 417 g/mol. The minimum atomic E-state index is -4.94. The number of imide groups is 1. The Balaban J connectivity index is 1.56. The molecule has 0 fully saturated rings. The quantitative estimate of drug-likeness (QED) is 0.317. The van der Waals surface area contributed by atoms with Crippen molar-refractivity contribution in [2.24, 2.45) is 0 Å². The number of carbonyl (C=O) groups excluding carboxylic acids is 2. The SMILES string of the molecule is O=C1c2ccccc2C(=O)N1CC#Cc1ccc2c(c1)C=C([N+](=O)[O-])C(C(F)(F)F)O2. The molecule has 4 rings (SSSR count). The van der Waals surface area contributed by atoms with Crippen LogP contribution >= 0.6 is 0 Å². The standard InChI is InChI=1S/C21H11F3N2O5/c22-21(23,24)18-16(26(29)30)11-13-10-12(7-8-17(13)31-18)4-3-9-25-19(27)14-5-1-2-6-15(14)20(25)28/h1-2,5-8,10-11,18H,9H2. The smallest absolute Gasteiger partial charge is 0.436 e. The van der Waals surface area contributed by atoms with Gasteiger partial charge in [-0.05, 0) is 30.3 Å². The Bertz CT molecular complexity index is 1190. The van der Waals surface area contributed by atoms with Crippen molar-refractivity contribution in [2.75, 3.05) is 6.54 Å². The van der Waals surface area contributed by atoms with E-state index in [0.29, 0.717) is 5.56 Å². The summed E-state index contributed by atoms with van der Waals surface area (Å²) in [6.07, 6.45) is -6.81. The van der Waals surface area contributed by atoms with Gasteiger partial charge in [0.2, 0.25) is 0 Å². The average molecular weight is 428 g/mol. The predicted molar refractivity (Wildman–Crippen MR) is 101 cm³/mol. The van der Waals surface area contributed by atoms with E-state index in [0.717, 1.165) is 11.0 Å². The molecule has 0 spiro atoms. The molecule has 7 nitrogen and oxygen atoms in total. The molecule has 2 amide bonds. The molecule has 2 aromatic rings. The molecule has 2 aliphatic heterocycles. The van der Waals surface area contributed by atoms with Gasteiger partial charge in [-0.15, -0.1) is 0 Å². The van der Waals surface area contributed by atoms with Crippen molar-refractivity contribution < 1.29 is 32.4 Å². The van der Waals surface area contributed by atoms with E-state index in [2.05, 4.69) is 11.8 Å². The van der Waals surface area contributed by atoms with Gasteiger partial charge in [0.15, 0.2) is 0 Å². The van der Waals surface area contributed by atoms with Crippen LogP contribution in [0.4, 0.5) is 13.2 Å². The Kier molecular flexibility index (Phi) is 4.74. The number of hydrogen-bond donors (Lipinski definition) is 0. The number of nitrogens with zero attached hydrogens (tertiary/aromatic N) is 2. The second-order valence-corrected chi connectivity index (χ2v) is 6.66. The number of halogens is 3. The Morgan fingerprint density at radius 2 is 1.74 bits per heavy atom. The molecule has 0 N–H and O–H groups in total. The second kappa shape index (κ2) is 7.28. The van der Waals surface area contributed by atoms with Gasteiger partial charge < -0.3 is 4.74 Å². The summed E-state index contributed by atoms with van der Waals surface area (Å²) >= 11 is 0. The maximum atomic E-state index is 13.0. The number of ether oxygens (including phenoxy) is 1. The van der Waals surface area contributed by atoms with Gasteiger partial charge in [0.25, 0.3) is 23.6 Å². The monoisotopic (exact) mass is 428 g/mol. The van der Waals surface area contributed by atoms with E-state index in [9.17, 15) is 32.9 Å². The molecule has 10 heteroatoms. The topological polar surface area (TPSA) is 89.8 Å². The second-order valence-electron chi connectivity index (χ2n) is 6.66. The third-order valence-corrected chi connectivity index (χ3v) is 4.68.